The molecular weight excluding hydrogens is 262 g/mol. The standard InChI is InChI=1S/C14H16F2N4/c15-11-3-1-2-10(14(11)16)12-8-13(19-18-12)20-6-4-9(17)5-7-20/h1-3,8-9H,4-7,17H2,(H,18,19). The number of anilines is 1. The molecule has 0 radical (unpaired) electrons. The Morgan fingerprint density at radius 2 is 2.00 bits per heavy atom. The zero-order valence-corrected chi connectivity index (χ0v) is 10.9. The second-order valence-corrected chi connectivity index (χ2v) is 5.07. The molecule has 1 aliphatic rings. The lowest BCUT2D eigenvalue weighted by atomic mass is 10.1. The van der Waals surface area contributed by atoms with Crippen molar-refractivity contribution in [3.63, 3.8) is 0 Å². The van der Waals surface area contributed by atoms with E-state index < -0.39 is 11.6 Å². The Kier molecular flexibility index (Phi) is 3.40. The van der Waals surface area contributed by atoms with Gasteiger partial charge in [0.2, 0.25) is 0 Å². The summed E-state index contributed by atoms with van der Waals surface area (Å²) in [5, 5.41) is 6.95. The van der Waals surface area contributed by atoms with Crippen molar-refractivity contribution < 1.29 is 8.78 Å². The lowest BCUT2D eigenvalue weighted by Gasteiger charge is -2.29. The molecule has 106 valence electrons. The van der Waals surface area contributed by atoms with E-state index in [9.17, 15) is 8.78 Å². The van der Waals surface area contributed by atoms with Crippen LogP contribution in [0.2, 0.25) is 0 Å². The van der Waals surface area contributed by atoms with Crippen LogP contribution in [-0.4, -0.2) is 29.3 Å². The molecule has 1 aliphatic heterocycles. The van der Waals surface area contributed by atoms with E-state index in [1.165, 1.54) is 12.1 Å². The van der Waals surface area contributed by atoms with E-state index in [2.05, 4.69) is 15.1 Å². The van der Waals surface area contributed by atoms with Crippen molar-refractivity contribution in [2.24, 2.45) is 5.73 Å². The third-order valence-electron chi connectivity index (χ3n) is 3.67. The summed E-state index contributed by atoms with van der Waals surface area (Å²) in [6, 6.07) is 6.10. The number of halogens is 2. The number of hydrogen-bond acceptors (Lipinski definition) is 3. The van der Waals surface area contributed by atoms with Crippen LogP contribution in [0.15, 0.2) is 24.3 Å². The molecule has 0 bridgehead atoms. The molecule has 0 amide bonds. The molecule has 0 atom stereocenters. The van der Waals surface area contributed by atoms with Gasteiger partial charge < -0.3 is 10.6 Å². The van der Waals surface area contributed by atoms with E-state index >= 15 is 0 Å². The summed E-state index contributed by atoms with van der Waals surface area (Å²) in [4.78, 5) is 2.10. The fourth-order valence-electron chi connectivity index (χ4n) is 2.45. The van der Waals surface area contributed by atoms with Gasteiger partial charge in [0.25, 0.3) is 0 Å². The van der Waals surface area contributed by atoms with Crippen LogP contribution in [0.3, 0.4) is 0 Å². The van der Waals surface area contributed by atoms with Crippen molar-refractivity contribution in [1.82, 2.24) is 10.2 Å². The summed E-state index contributed by atoms with van der Waals surface area (Å²) in [6.07, 6.45) is 1.83. The van der Waals surface area contributed by atoms with E-state index in [4.69, 9.17) is 5.73 Å². The van der Waals surface area contributed by atoms with Gasteiger partial charge in [-0.15, -0.1) is 0 Å². The van der Waals surface area contributed by atoms with Crippen LogP contribution in [0.25, 0.3) is 11.3 Å². The maximum absolute atomic E-state index is 13.7. The molecule has 0 unspecified atom stereocenters. The van der Waals surface area contributed by atoms with Gasteiger partial charge in [0.05, 0.1) is 5.69 Å². The van der Waals surface area contributed by atoms with Crippen molar-refractivity contribution in [2.45, 2.75) is 18.9 Å². The maximum atomic E-state index is 13.7. The Bertz CT molecular complexity index is 603. The Morgan fingerprint density at radius 3 is 2.75 bits per heavy atom. The SMILES string of the molecule is NC1CCN(c2cc(-c3cccc(F)c3F)[nH]n2)CC1. The second-order valence-electron chi connectivity index (χ2n) is 5.07. The molecule has 1 saturated heterocycles. The third-order valence-corrected chi connectivity index (χ3v) is 3.67. The summed E-state index contributed by atoms with van der Waals surface area (Å²) in [5.74, 6) is -0.971. The predicted octanol–water partition coefficient (Wildman–Crippen LogP) is 2.28. The highest BCUT2D eigenvalue weighted by Crippen LogP contribution is 2.26. The van der Waals surface area contributed by atoms with E-state index in [1.807, 2.05) is 0 Å². The summed E-state index contributed by atoms with van der Waals surface area (Å²) in [7, 11) is 0. The normalized spacial score (nSPS) is 16.6. The minimum Gasteiger partial charge on any atom is -0.355 e. The van der Waals surface area contributed by atoms with Gasteiger partial charge in [-0.1, -0.05) is 6.07 Å². The highest BCUT2D eigenvalue weighted by Gasteiger charge is 2.19. The first-order valence-corrected chi connectivity index (χ1v) is 6.65. The quantitative estimate of drug-likeness (QED) is 0.886. The molecule has 4 nitrogen and oxygen atoms in total. The highest BCUT2D eigenvalue weighted by molar-refractivity contribution is 5.64. The monoisotopic (exact) mass is 278 g/mol. The Hall–Kier alpha value is -1.95. The number of nitrogens with zero attached hydrogens (tertiary/aromatic N) is 2. The molecule has 1 aromatic heterocycles. The van der Waals surface area contributed by atoms with E-state index in [-0.39, 0.29) is 11.6 Å². The van der Waals surface area contributed by atoms with Crippen molar-refractivity contribution >= 4 is 5.82 Å². The minimum atomic E-state index is -0.859. The van der Waals surface area contributed by atoms with E-state index in [0.29, 0.717) is 5.69 Å². The summed E-state index contributed by atoms with van der Waals surface area (Å²) < 4.78 is 27.0. The van der Waals surface area contributed by atoms with Crippen molar-refractivity contribution in [1.29, 1.82) is 0 Å². The molecule has 20 heavy (non-hydrogen) atoms. The van der Waals surface area contributed by atoms with Gasteiger partial charge in [-0.05, 0) is 25.0 Å². The van der Waals surface area contributed by atoms with Gasteiger partial charge in [0, 0.05) is 30.8 Å². The number of nitrogens with two attached hydrogens (primary N) is 1. The van der Waals surface area contributed by atoms with Crippen LogP contribution in [0.5, 0.6) is 0 Å². The summed E-state index contributed by atoms with van der Waals surface area (Å²) in [5.41, 5.74) is 6.53. The highest BCUT2D eigenvalue weighted by atomic mass is 19.2. The lowest BCUT2D eigenvalue weighted by molar-refractivity contribution is 0.498. The van der Waals surface area contributed by atoms with Gasteiger partial charge in [-0.2, -0.15) is 5.10 Å². The Labute approximate surface area is 115 Å². The maximum Gasteiger partial charge on any atom is 0.168 e. The molecule has 2 aromatic rings. The number of aromatic nitrogens is 2. The van der Waals surface area contributed by atoms with Gasteiger partial charge in [0.15, 0.2) is 17.5 Å². The van der Waals surface area contributed by atoms with Crippen molar-refractivity contribution in [3.05, 3.63) is 35.9 Å². The molecule has 0 spiro atoms. The topological polar surface area (TPSA) is 57.9 Å². The minimum absolute atomic E-state index is 0.192. The summed E-state index contributed by atoms with van der Waals surface area (Å²) in [6.45, 7) is 1.66. The lowest BCUT2D eigenvalue weighted by Crippen LogP contribution is -2.39. The number of aromatic amines is 1. The van der Waals surface area contributed by atoms with Gasteiger partial charge in [-0.3, -0.25) is 5.10 Å². The Morgan fingerprint density at radius 1 is 1.25 bits per heavy atom. The average Bonchev–Trinajstić information content (AvgIpc) is 2.92. The molecule has 0 saturated carbocycles. The van der Waals surface area contributed by atoms with Crippen LogP contribution < -0.4 is 10.6 Å². The second kappa shape index (κ2) is 5.20. The average molecular weight is 278 g/mol. The smallest absolute Gasteiger partial charge is 0.168 e. The van der Waals surface area contributed by atoms with Crippen LogP contribution in [0.4, 0.5) is 14.6 Å². The predicted molar refractivity (Wildman–Crippen MR) is 73.4 cm³/mol. The van der Waals surface area contributed by atoms with Crippen LogP contribution in [-0.2, 0) is 0 Å². The fraction of sp³-hybridized carbons (Fsp3) is 0.357. The van der Waals surface area contributed by atoms with E-state index in [1.54, 1.807) is 6.07 Å². The summed E-state index contributed by atoms with van der Waals surface area (Å²) >= 11 is 0. The molecule has 6 heteroatoms. The number of benzene rings is 1. The molecule has 3 rings (SSSR count). The molecule has 1 fully saturated rings. The molecular formula is C14H16F2N4. The number of nitrogens with one attached hydrogen (secondary N) is 1. The van der Waals surface area contributed by atoms with Crippen LogP contribution in [0, 0.1) is 11.6 Å². The first-order valence-electron chi connectivity index (χ1n) is 6.65. The fourth-order valence-corrected chi connectivity index (χ4v) is 2.45. The molecule has 0 aliphatic carbocycles. The van der Waals surface area contributed by atoms with Crippen LogP contribution >= 0.6 is 0 Å². The molecule has 2 heterocycles. The first kappa shape index (κ1) is 13.1. The number of rotatable bonds is 2. The number of piperidine rings is 1. The first-order chi connectivity index (χ1) is 9.65. The van der Waals surface area contributed by atoms with Gasteiger partial charge in [0.1, 0.15) is 0 Å². The molecule has 3 N–H and O–H groups in total. The van der Waals surface area contributed by atoms with Gasteiger partial charge in [-0.25, -0.2) is 8.78 Å². The van der Waals surface area contributed by atoms with E-state index in [0.717, 1.165) is 37.8 Å². The Balaban J connectivity index is 1.85. The number of hydrogen-bond donors (Lipinski definition) is 2. The van der Waals surface area contributed by atoms with Crippen molar-refractivity contribution in [2.75, 3.05) is 18.0 Å². The zero-order valence-electron chi connectivity index (χ0n) is 10.9. The number of H-pyrrole nitrogens is 1. The zero-order chi connectivity index (χ0) is 14.1. The van der Waals surface area contributed by atoms with Gasteiger partial charge >= 0.3 is 0 Å². The third kappa shape index (κ3) is 2.38. The molecule has 1 aromatic carbocycles. The van der Waals surface area contributed by atoms with Crippen molar-refractivity contribution in [3.8, 4) is 11.3 Å². The largest absolute Gasteiger partial charge is 0.355 e. The van der Waals surface area contributed by atoms with Crippen LogP contribution in [0.1, 0.15) is 12.8 Å².